The van der Waals surface area contributed by atoms with E-state index in [1.54, 1.807) is 6.20 Å². The summed E-state index contributed by atoms with van der Waals surface area (Å²) >= 11 is 5.88. The molecule has 2 rings (SSSR count). The van der Waals surface area contributed by atoms with Crippen LogP contribution in [0.5, 0.6) is 0 Å². The van der Waals surface area contributed by atoms with E-state index in [1.807, 2.05) is 12.1 Å². The number of hydrogen-bond acceptors (Lipinski definition) is 2. The normalized spacial score (nSPS) is 10.4. The van der Waals surface area contributed by atoms with Crippen molar-refractivity contribution >= 4 is 17.3 Å². The summed E-state index contributed by atoms with van der Waals surface area (Å²) in [6.45, 7) is 2.99. The summed E-state index contributed by atoms with van der Waals surface area (Å²) in [4.78, 5) is 6.19. The molecule has 0 amide bonds. The summed E-state index contributed by atoms with van der Waals surface area (Å²) in [5, 5.41) is 0.544. The maximum Gasteiger partial charge on any atom is 0.129 e. The first-order valence-corrected chi connectivity index (χ1v) is 6.47. The van der Waals surface area contributed by atoms with Crippen molar-refractivity contribution in [3.05, 3.63) is 58.9 Å². The molecule has 0 fully saturated rings. The van der Waals surface area contributed by atoms with Crippen LogP contribution in [-0.2, 0) is 13.0 Å². The molecule has 0 aliphatic heterocycles. The Morgan fingerprint density at radius 1 is 1.11 bits per heavy atom. The predicted molar refractivity (Wildman–Crippen MR) is 77.2 cm³/mol. The Morgan fingerprint density at radius 2 is 1.83 bits per heavy atom. The van der Waals surface area contributed by atoms with Gasteiger partial charge in [-0.15, -0.1) is 0 Å². The van der Waals surface area contributed by atoms with Crippen LogP contribution in [-0.4, -0.2) is 12.0 Å². The highest BCUT2D eigenvalue weighted by molar-refractivity contribution is 6.29. The van der Waals surface area contributed by atoms with Crippen molar-refractivity contribution in [3.63, 3.8) is 0 Å². The third-order valence-corrected chi connectivity index (χ3v) is 3.20. The minimum atomic E-state index is 0.544. The highest BCUT2D eigenvalue weighted by atomic mass is 35.5. The third-order valence-electron chi connectivity index (χ3n) is 3.00. The molecule has 3 heteroatoms. The second-order valence-electron chi connectivity index (χ2n) is 4.36. The Morgan fingerprint density at radius 3 is 2.44 bits per heavy atom. The summed E-state index contributed by atoms with van der Waals surface area (Å²) in [6, 6.07) is 12.5. The van der Waals surface area contributed by atoms with E-state index in [0.717, 1.165) is 18.5 Å². The molecule has 0 radical (unpaired) electrons. The molecule has 0 saturated carbocycles. The number of rotatable bonds is 4. The van der Waals surface area contributed by atoms with Crippen LogP contribution in [0.4, 0.5) is 5.69 Å². The molecule has 0 atom stereocenters. The zero-order chi connectivity index (χ0) is 13.0. The van der Waals surface area contributed by atoms with Crippen molar-refractivity contribution in [3.8, 4) is 0 Å². The summed E-state index contributed by atoms with van der Waals surface area (Å²) in [7, 11) is 2.08. The van der Waals surface area contributed by atoms with Crippen molar-refractivity contribution in [2.24, 2.45) is 0 Å². The Bertz CT molecular complexity index is 508. The van der Waals surface area contributed by atoms with Crippen LogP contribution in [0.1, 0.15) is 18.1 Å². The number of anilines is 1. The molecule has 1 heterocycles. The van der Waals surface area contributed by atoms with Gasteiger partial charge in [0.1, 0.15) is 5.15 Å². The largest absolute Gasteiger partial charge is 0.370 e. The average Bonchev–Trinajstić information content (AvgIpc) is 2.39. The van der Waals surface area contributed by atoms with Crippen LogP contribution in [0.3, 0.4) is 0 Å². The van der Waals surface area contributed by atoms with Gasteiger partial charge in [0.25, 0.3) is 0 Å². The van der Waals surface area contributed by atoms with E-state index in [1.165, 1.54) is 11.3 Å². The zero-order valence-corrected chi connectivity index (χ0v) is 11.5. The van der Waals surface area contributed by atoms with E-state index in [2.05, 4.69) is 48.1 Å². The van der Waals surface area contributed by atoms with Gasteiger partial charge in [-0.25, -0.2) is 4.98 Å². The highest BCUT2D eigenvalue weighted by Crippen LogP contribution is 2.17. The van der Waals surface area contributed by atoms with E-state index in [4.69, 9.17) is 11.6 Å². The van der Waals surface area contributed by atoms with E-state index in [-0.39, 0.29) is 0 Å². The Balaban J connectivity index is 2.09. The summed E-state index contributed by atoms with van der Waals surface area (Å²) < 4.78 is 0. The van der Waals surface area contributed by atoms with E-state index in [0.29, 0.717) is 5.15 Å². The maximum atomic E-state index is 5.88. The lowest BCUT2D eigenvalue weighted by Crippen LogP contribution is -2.16. The molecule has 2 nitrogen and oxygen atoms in total. The van der Waals surface area contributed by atoms with Crippen LogP contribution >= 0.6 is 11.6 Å². The fourth-order valence-corrected chi connectivity index (χ4v) is 2.09. The number of aromatic nitrogens is 1. The lowest BCUT2D eigenvalue weighted by atomic mass is 10.1. The number of pyridine rings is 1. The molecule has 94 valence electrons. The van der Waals surface area contributed by atoms with Gasteiger partial charge in [-0.3, -0.25) is 0 Å². The number of nitrogens with zero attached hydrogens (tertiary/aromatic N) is 2. The molecule has 18 heavy (non-hydrogen) atoms. The molecule has 0 N–H and O–H groups in total. The molecule has 1 aromatic heterocycles. The van der Waals surface area contributed by atoms with Gasteiger partial charge in [0, 0.05) is 25.5 Å². The second kappa shape index (κ2) is 5.87. The number of benzene rings is 1. The Kier molecular flexibility index (Phi) is 4.21. The van der Waals surface area contributed by atoms with E-state index < -0.39 is 0 Å². The Hall–Kier alpha value is -1.54. The van der Waals surface area contributed by atoms with Gasteiger partial charge in [-0.2, -0.15) is 0 Å². The lowest BCUT2D eigenvalue weighted by molar-refractivity contribution is 0.918. The standard InChI is InChI=1S/C15H17ClN2/c1-3-12-4-6-14(7-5-12)18(2)11-13-8-9-17-15(16)10-13/h4-10H,3,11H2,1-2H3. The van der Waals surface area contributed by atoms with Gasteiger partial charge in [0.05, 0.1) is 0 Å². The van der Waals surface area contributed by atoms with Crippen molar-refractivity contribution in [2.75, 3.05) is 11.9 Å². The average molecular weight is 261 g/mol. The minimum Gasteiger partial charge on any atom is -0.370 e. The van der Waals surface area contributed by atoms with Crippen molar-refractivity contribution in [1.82, 2.24) is 4.98 Å². The lowest BCUT2D eigenvalue weighted by Gasteiger charge is -2.19. The van der Waals surface area contributed by atoms with Crippen molar-refractivity contribution in [1.29, 1.82) is 0 Å². The summed E-state index contributed by atoms with van der Waals surface area (Å²) in [5.74, 6) is 0. The van der Waals surface area contributed by atoms with Crippen molar-refractivity contribution in [2.45, 2.75) is 19.9 Å². The minimum absolute atomic E-state index is 0.544. The van der Waals surface area contributed by atoms with Gasteiger partial charge in [0.2, 0.25) is 0 Å². The molecule has 0 saturated heterocycles. The number of halogens is 1. The smallest absolute Gasteiger partial charge is 0.129 e. The topological polar surface area (TPSA) is 16.1 Å². The number of aryl methyl sites for hydroxylation is 1. The first-order chi connectivity index (χ1) is 8.69. The van der Waals surface area contributed by atoms with E-state index in [9.17, 15) is 0 Å². The molecule has 0 spiro atoms. The van der Waals surface area contributed by atoms with Gasteiger partial charge in [-0.1, -0.05) is 30.7 Å². The van der Waals surface area contributed by atoms with Gasteiger partial charge in [-0.05, 0) is 41.8 Å². The SMILES string of the molecule is CCc1ccc(N(C)Cc2ccnc(Cl)c2)cc1. The Labute approximate surface area is 113 Å². The molecule has 1 aromatic carbocycles. The molecular weight excluding hydrogens is 244 g/mol. The third kappa shape index (κ3) is 3.23. The fourth-order valence-electron chi connectivity index (χ4n) is 1.89. The molecule has 0 aliphatic carbocycles. The van der Waals surface area contributed by atoms with Crippen LogP contribution in [0, 0.1) is 0 Å². The summed E-state index contributed by atoms with van der Waals surface area (Å²) in [6.07, 6.45) is 2.82. The first-order valence-electron chi connectivity index (χ1n) is 6.09. The highest BCUT2D eigenvalue weighted by Gasteiger charge is 2.03. The molecule has 2 aromatic rings. The first kappa shape index (κ1) is 12.9. The van der Waals surface area contributed by atoms with Crippen LogP contribution in [0.25, 0.3) is 0 Å². The molecule has 0 bridgehead atoms. The predicted octanol–water partition coefficient (Wildman–Crippen LogP) is 3.93. The van der Waals surface area contributed by atoms with Crippen molar-refractivity contribution < 1.29 is 0 Å². The zero-order valence-electron chi connectivity index (χ0n) is 10.7. The molecule has 0 aliphatic rings. The van der Waals surface area contributed by atoms with Gasteiger partial charge >= 0.3 is 0 Å². The fraction of sp³-hybridized carbons (Fsp3) is 0.267. The second-order valence-corrected chi connectivity index (χ2v) is 4.75. The quantitative estimate of drug-likeness (QED) is 0.775. The number of hydrogen-bond donors (Lipinski definition) is 0. The molecule has 0 unspecified atom stereocenters. The van der Waals surface area contributed by atoms with Crippen LogP contribution in [0.15, 0.2) is 42.6 Å². The maximum absolute atomic E-state index is 5.88. The van der Waals surface area contributed by atoms with Crippen LogP contribution < -0.4 is 4.90 Å². The van der Waals surface area contributed by atoms with E-state index >= 15 is 0 Å². The monoisotopic (exact) mass is 260 g/mol. The summed E-state index contributed by atoms with van der Waals surface area (Å²) in [5.41, 5.74) is 3.73. The van der Waals surface area contributed by atoms with Gasteiger partial charge in [0.15, 0.2) is 0 Å². The van der Waals surface area contributed by atoms with Crippen LogP contribution in [0.2, 0.25) is 5.15 Å². The molecular formula is C15H17ClN2. The van der Waals surface area contributed by atoms with Gasteiger partial charge < -0.3 is 4.90 Å².